The van der Waals surface area contributed by atoms with Crippen LogP contribution in [0.25, 0.3) is 72.8 Å². The Bertz CT molecular complexity index is 2360. The fraction of sp³-hybridized carbons (Fsp3) is 0.0714. The topological polar surface area (TPSA) is 43.6 Å². The van der Waals surface area contributed by atoms with Crippen LogP contribution in [0, 0.1) is 0 Å². The monoisotopic (exact) mass is 590 g/mol. The molecule has 0 radical (unpaired) electrons. The first-order valence-electron chi connectivity index (χ1n) is 15.7. The first-order valence-corrected chi connectivity index (χ1v) is 15.7. The average Bonchev–Trinajstić information content (AvgIpc) is 3.56. The lowest BCUT2D eigenvalue weighted by molar-refractivity contribution is 0.661. The number of nitrogens with zero attached hydrogens (tertiary/aromatic N) is 4. The smallest absolute Gasteiger partial charge is 0.164 e. The number of aromatic nitrogens is 4. The third-order valence-electron chi connectivity index (χ3n) is 9.46. The van der Waals surface area contributed by atoms with Gasteiger partial charge in [0, 0.05) is 38.6 Å². The predicted octanol–water partition coefficient (Wildman–Crippen LogP) is 10.3. The van der Waals surface area contributed by atoms with E-state index in [2.05, 4.69) is 103 Å². The maximum atomic E-state index is 4.94. The normalized spacial score (nSPS) is 13.2. The fourth-order valence-corrected chi connectivity index (χ4v) is 7.14. The third kappa shape index (κ3) is 4.04. The molecular formula is C42H30N4. The molecular weight excluding hydrogens is 560 g/mol. The van der Waals surface area contributed by atoms with Gasteiger partial charge in [0.05, 0.1) is 11.0 Å². The van der Waals surface area contributed by atoms with Gasteiger partial charge in [-0.1, -0.05) is 117 Å². The van der Waals surface area contributed by atoms with E-state index >= 15 is 0 Å². The lowest BCUT2D eigenvalue weighted by Gasteiger charge is -2.21. The van der Waals surface area contributed by atoms with Crippen LogP contribution in [0.4, 0.5) is 0 Å². The van der Waals surface area contributed by atoms with Gasteiger partial charge in [-0.25, -0.2) is 15.0 Å². The van der Waals surface area contributed by atoms with Gasteiger partial charge in [-0.2, -0.15) is 0 Å². The molecule has 1 aliphatic rings. The van der Waals surface area contributed by atoms with Crippen LogP contribution in [0.3, 0.4) is 0 Å². The third-order valence-corrected chi connectivity index (χ3v) is 9.46. The zero-order chi connectivity index (χ0) is 30.8. The first kappa shape index (κ1) is 26.5. The number of hydrogen-bond acceptors (Lipinski definition) is 3. The van der Waals surface area contributed by atoms with E-state index in [1.165, 1.54) is 44.1 Å². The summed E-state index contributed by atoms with van der Waals surface area (Å²) in [5.74, 6) is 1.97. The Kier molecular flexibility index (Phi) is 5.81. The highest BCUT2D eigenvalue weighted by molar-refractivity contribution is 6.11. The van der Waals surface area contributed by atoms with Crippen LogP contribution in [0.2, 0.25) is 0 Å². The second-order valence-electron chi connectivity index (χ2n) is 12.5. The Balaban J connectivity index is 1.21. The lowest BCUT2D eigenvalue weighted by Crippen LogP contribution is -2.14. The summed E-state index contributed by atoms with van der Waals surface area (Å²) in [5, 5.41) is 2.53. The molecule has 4 heteroatoms. The molecule has 0 N–H and O–H groups in total. The summed E-state index contributed by atoms with van der Waals surface area (Å²) in [6.45, 7) is 4.68. The van der Waals surface area contributed by atoms with E-state index in [-0.39, 0.29) is 5.41 Å². The highest BCUT2D eigenvalue weighted by atomic mass is 15.0. The van der Waals surface area contributed by atoms with Crippen molar-refractivity contribution in [2.45, 2.75) is 19.3 Å². The molecule has 0 aliphatic heterocycles. The van der Waals surface area contributed by atoms with Gasteiger partial charge in [-0.05, 0) is 64.7 Å². The number of benzene rings is 6. The second-order valence-corrected chi connectivity index (χ2v) is 12.5. The Labute approximate surface area is 267 Å². The zero-order valence-electron chi connectivity index (χ0n) is 25.6. The number of hydrogen-bond donors (Lipinski definition) is 0. The number of para-hydroxylation sites is 1. The van der Waals surface area contributed by atoms with Gasteiger partial charge in [-0.15, -0.1) is 0 Å². The zero-order valence-corrected chi connectivity index (χ0v) is 25.6. The van der Waals surface area contributed by atoms with Crippen molar-refractivity contribution in [2.75, 3.05) is 0 Å². The molecule has 218 valence electrons. The van der Waals surface area contributed by atoms with Crippen LogP contribution < -0.4 is 0 Å². The van der Waals surface area contributed by atoms with E-state index in [4.69, 9.17) is 15.0 Å². The van der Waals surface area contributed by atoms with Crippen LogP contribution in [0.15, 0.2) is 146 Å². The molecule has 0 bridgehead atoms. The minimum Gasteiger partial charge on any atom is -0.309 e. The molecule has 2 aromatic heterocycles. The number of fused-ring (bicyclic) bond motifs is 6. The molecule has 4 nitrogen and oxygen atoms in total. The molecule has 9 rings (SSSR count). The summed E-state index contributed by atoms with van der Waals surface area (Å²) in [6.07, 6.45) is 0. The van der Waals surface area contributed by atoms with E-state index in [0.717, 1.165) is 22.4 Å². The molecule has 0 atom stereocenters. The van der Waals surface area contributed by atoms with Gasteiger partial charge in [0.1, 0.15) is 0 Å². The van der Waals surface area contributed by atoms with E-state index in [0.29, 0.717) is 17.5 Å². The van der Waals surface area contributed by atoms with Crippen LogP contribution in [0.5, 0.6) is 0 Å². The van der Waals surface area contributed by atoms with Crippen LogP contribution in [-0.4, -0.2) is 19.5 Å². The van der Waals surface area contributed by atoms with Gasteiger partial charge in [-0.3, -0.25) is 0 Å². The fourth-order valence-electron chi connectivity index (χ4n) is 7.14. The molecule has 0 spiro atoms. The van der Waals surface area contributed by atoms with Crippen LogP contribution >= 0.6 is 0 Å². The highest BCUT2D eigenvalue weighted by Crippen LogP contribution is 2.50. The predicted molar refractivity (Wildman–Crippen MR) is 188 cm³/mol. The minimum absolute atomic E-state index is 0.0489. The standard InChI is InChI=1S/C42H30N4/c1-42(2)35-19-11-9-17-31(35)33-26-38-34(25-36(33)42)32-18-10-12-20-37(32)46(38)30-23-21-29(22-24-30)41-44-39(27-13-5-3-6-14-27)43-40(45-41)28-15-7-4-8-16-28/h3-26H,1-2H3. The van der Waals surface area contributed by atoms with Gasteiger partial charge in [0.25, 0.3) is 0 Å². The summed E-state index contributed by atoms with van der Waals surface area (Å²) in [6, 6.07) is 51.2. The van der Waals surface area contributed by atoms with Crippen molar-refractivity contribution in [1.29, 1.82) is 0 Å². The van der Waals surface area contributed by atoms with E-state index in [1.54, 1.807) is 0 Å². The molecule has 6 aromatic carbocycles. The summed E-state index contributed by atoms with van der Waals surface area (Å²) in [4.78, 5) is 14.7. The van der Waals surface area contributed by atoms with Gasteiger partial charge >= 0.3 is 0 Å². The summed E-state index contributed by atoms with van der Waals surface area (Å²) >= 11 is 0. The van der Waals surface area contributed by atoms with Gasteiger partial charge < -0.3 is 4.57 Å². The summed E-state index contributed by atoms with van der Waals surface area (Å²) in [5.41, 5.74) is 11.7. The van der Waals surface area contributed by atoms with Crippen molar-refractivity contribution in [3.8, 4) is 51.0 Å². The molecule has 2 heterocycles. The van der Waals surface area contributed by atoms with Crippen molar-refractivity contribution in [2.24, 2.45) is 0 Å². The maximum Gasteiger partial charge on any atom is 0.164 e. The molecule has 0 unspecified atom stereocenters. The number of rotatable bonds is 4. The molecule has 46 heavy (non-hydrogen) atoms. The quantitative estimate of drug-likeness (QED) is 0.205. The summed E-state index contributed by atoms with van der Waals surface area (Å²) in [7, 11) is 0. The van der Waals surface area contributed by atoms with Crippen molar-refractivity contribution in [1.82, 2.24) is 19.5 Å². The molecule has 0 fully saturated rings. The van der Waals surface area contributed by atoms with E-state index < -0.39 is 0 Å². The Morgan fingerprint density at radius 2 is 0.978 bits per heavy atom. The van der Waals surface area contributed by atoms with E-state index in [9.17, 15) is 0 Å². The van der Waals surface area contributed by atoms with Crippen molar-refractivity contribution in [3.05, 3.63) is 157 Å². The van der Waals surface area contributed by atoms with Crippen molar-refractivity contribution < 1.29 is 0 Å². The Morgan fingerprint density at radius 1 is 0.435 bits per heavy atom. The van der Waals surface area contributed by atoms with Crippen molar-refractivity contribution in [3.63, 3.8) is 0 Å². The largest absolute Gasteiger partial charge is 0.309 e. The molecule has 0 amide bonds. The molecule has 1 aliphatic carbocycles. The second kappa shape index (κ2) is 10.1. The minimum atomic E-state index is -0.0489. The van der Waals surface area contributed by atoms with Gasteiger partial charge in [0.2, 0.25) is 0 Å². The maximum absolute atomic E-state index is 4.94. The lowest BCUT2D eigenvalue weighted by atomic mass is 9.82. The Hall–Kier alpha value is -5.87. The highest BCUT2D eigenvalue weighted by Gasteiger charge is 2.36. The van der Waals surface area contributed by atoms with E-state index in [1.807, 2.05) is 60.7 Å². The molecule has 0 saturated carbocycles. The van der Waals surface area contributed by atoms with Gasteiger partial charge in [0.15, 0.2) is 17.5 Å². The summed E-state index contributed by atoms with van der Waals surface area (Å²) < 4.78 is 2.39. The molecule has 8 aromatic rings. The Morgan fingerprint density at radius 3 is 1.63 bits per heavy atom. The van der Waals surface area contributed by atoms with Crippen molar-refractivity contribution >= 4 is 21.8 Å². The average molecular weight is 591 g/mol. The van der Waals surface area contributed by atoms with Crippen LogP contribution in [-0.2, 0) is 5.41 Å². The van der Waals surface area contributed by atoms with Crippen LogP contribution in [0.1, 0.15) is 25.0 Å². The molecule has 0 saturated heterocycles. The SMILES string of the molecule is CC1(C)c2ccccc2-c2cc3c(cc21)c1ccccc1n3-c1ccc(-c2nc(-c3ccccc3)nc(-c3ccccc3)n2)cc1. The first-order chi connectivity index (χ1) is 22.6.